The fourth-order valence-corrected chi connectivity index (χ4v) is 3.09. The molecule has 0 saturated heterocycles. The molecule has 140 valence electrons. The van der Waals surface area contributed by atoms with Crippen molar-refractivity contribution in [2.75, 3.05) is 7.11 Å². The largest absolute Gasteiger partial charge is 0.497 e. The van der Waals surface area contributed by atoms with E-state index in [2.05, 4.69) is 30.3 Å². The van der Waals surface area contributed by atoms with E-state index in [0.717, 1.165) is 22.7 Å². The Balaban J connectivity index is 1.64. The predicted molar refractivity (Wildman–Crippen MR) is 105 cm³/mol. The summed E-state index contributed by atoms with van der Waals surface area (Å²) >= 11 is 5.98. The van der Waals surface area contributed by atoms with E-state index in [0.29, 0.717) is 28.5 Å². The van der Waals surface area contributed by atoms with Gasteiger partial charge in [-0.15, -0.1) is 5.11 Å². The zero-order valence-corrected chi connectivity index (χ0v) is 16.0. The quantitative estimate of drug-likeness (QED) is 0.368. The summed E-state index contributed by atoms with van der Waals surface area (Å²) in [6.45, 7) is 2.26. The van der Waals surface area contributed by atoms with E-state index >= 15 is 0 Å². The van der Waals surface area contributed by atoms with E-state index in [1.54, 1.807) is 24.1 Å². The molecule has 0 aliphatic carbocycles. The highest BCUT2D eigenvalue weighted by Gasteiger charge is 2.11. The number of pyridine rings is 1. The molecular weight excluding hydrogens is 378 g/mol. The fourth-order valence-electron chi connectivity index (χ4n) is 2.81. The van der Waals surface area contributed by atoms with Crippen molar-refractivity contribution >= 4 is 28.5 Å². The second-order valence-corrected chi connectivity index (χ2v) is 6.42. The fraction of sp³-hybridized carbons (Fsp3) is 0.158. The molecule has 0 aliphatic heterocycles. The molecule has 0 amide bonds. The Labute approximate surface area is 165 Å². The molecule has 1 aromatic carbocycles. The molecule has 3 heterocycles. The summed E-state index contributed by atoms with van der Waals surface area (Å²) in [5.41, 5.74) is 3.23. The molecule has 0 unspecified atom stereocenters. The lowest BCUT2D eigenvalue weighted by molar-refractivity contribution is 0.414. The van der Waals surface area contributed by atoms with Crippen LogP contribution in [0.3, 0.4) is 0 Å². The second-order valence-electron chi connectivity index (χ2n) is 6.03. The molecule has 4 rings (SSSR count). The molecule has 4 aromatic rings. The van der Waals surface area contributed by atoms with Crippen LogP contribution < -0.4 is 4.74 Å². The van der Waals surface area contributed by atoms with Crippen molar-refractivity contribution in [3.63, 3.8) is 0 Å². The van der Waals surface area contributed by atoms with Crippen LogP contribution >= 0.6 is 11.6 Å². The van der Waals surface area contributed by atoms with E-state index in [4.69, 9.17) is 16.3 Å². The first kappa shape index (κ1) is 18.0. The first-order valence-corrected chi connectivity index (χ1v) is 8.85. The molecule has 0 fully saturated rings. The van der Waals surface area contributed by atoms with Crippen LogP contribution in [-0.4, -0.2) is 31.8 Å². The average molecular weight is 394 g/mol. The van der Waals surface area contributed by atoms with Crippen LogP contribution in [0.5, 0.6) is 5.75 Å². The lowest BCUT2D eigenvalue weighted by Gasteiger charge is -2.05. The maximum atomic E-state index is 5.98. The highest BCUT2D eigenvalue weighted by molar-refractivity contribution is 6.29. The molecule has 3 aromatic heterocycles. The van der Waals surface area contributed by atoms with Crippen LogP contribution in [-0.2, 0) is 6.54 Å². The zero-order valence-electron chi connectivity index (χ0n) is 15.2. The summed E-state index contributed by atoms with van der Waals surface area (Å²) in [6.07, 6.45) is 3.12. The number of hydrogen-bond acceptors (Lipinski definition) is 7. The van der Waals surface area contributed by atoms with Crippen molar-refractivity contribution in [3.05, 3.63) is 65.3 Å². The van der Waals surface area contributed by atoms with Gasteiger partial charge in [-0.2, -0.15) is 10.2 Å². The molecule has 8 nitrogen and oxygen atoms in total. The van der Waals surface area contributed by atoms with Crippen LogP contribution in [0.4, 0.5) is 5.82 Å². The van der Waals surface area contributed by atoms with E-state index in [-0.39, 0.29) is 0 Å². The Morgan fingerprint density at radius 3 is 2.89 bits per heavy atom. The third kappa shape index (κ3) is 3.67. The molecule has 0 spiro atoms. The number of methoxy groups -OCH3 is 1. The molecule has 0 radical (unpaired) electrons. The average Bonchev–Trinajstić information content (AvgIpc) is 3.12. The molecule has 0 N–H and O–H groups in total. The van der Waals surface area contributed by atoms with Gasteiger partial charge < -0.3 is 4.74 Å². The van der Waals surface area contributed by atoms with E-state index in [1.807, 2.05) is 37.3 Å². The smallest absolute Gasteiger partial charge is 0.188 e. The summed E-state index contributed by atoms with van der Waals surface area (Å²) in [5.74, 6) is 1.19. The topological polar surface area (TPSA) is 90.4 Å². The Kier molecular flexibility index (Phi) is 4.94. The number of aryl methyl sites for hydroxylation is 1. The molecule has 0 saturated carbocycles. The van der Waals surface area contributed by atoms with Gasteiger partial charge in [0.25, 0.3) is 0 Å². The second kappa shape index (κ2) is 7.69. The number of ether oxygens (including phenoxy) is 1. The zero-order chi connectivity index (χ0) is 19.5. The monoisotopic (exact) mass is 393 g/mol. The van der Waals surface area contributed by atoms with E-state index < -0.39 is 0 Å². The van der Waals surface area contributed by atoms with Crippen molar-refractivity contribution in [2.24, 2.45) is 10.2 Å². The first-order valence-electron chi connectivity index (χ1n) is 8.48. The minimum absolute atomic E-state index is 0.374. The molecule has 0 aliphatic rings. The Hall–Kier alpha value is -3.39. The van der Waals surface area contributed by atoms with Gasteiger partial charge in [-0.3, -0.25) is 0 Å². The predicted octanol–water partition coefficient (Wildman–Crippen LogP) is 4.46. The van der Waals surface area contributed by atoms with Gasteiger partial charge in [-0.25, -0.2) is 19.6 Å². The maximum Gasteiger partial charge on any atom is 0.188 e. The minimum atomic E-state index is 0.374. The molecule has 0 atom stereocenters. The molecular formula is C19H16ClN7O. The third-order valence-corrected chi connectivity index (χ3v) is 4.24. The van der Waals surface area contributed by atoms with Crippen LogP contribution in [0, 0.1) is 6.92 Å². The lowest BCUT2D eigenvalue weighted by atomic mass is 10.2. The summed E-state index contributed by atoms with van der Waals surface area (Å²) in [4.78, 5) is 12.7. The Morgan fingerprint density at radius 1 is 1.18 bits per heavy atom. The standard InChI is InChI=1S/C19H16ClN7O/c1-12-6-13(7-17(20)25-12)9-23-26-18-16-10-24-27(19(16)22-11-21-18)14-4-3-5-15(8-14)28-2/h3-8,10-11H,9H2,1-2H3. The van der Waals surface area contributed by atoms with Crippen LogP contribution in [0.25, 0.3) is 16.7 Å². The first-order chi connectivity index (χ1) is 13.6. The van der Waals surface area contributed by atoms with Crippen LogP contribution in [0.15, 0.2) is 59.2 Å². The van der Waals surface area contributed by atoms with E-state index in [1.165, 1.54) is 6.33 Å². The number of azo groups is 1. The lowest BCUT2D eigenvalue weighted by Crippen LogP contribution is -1.98. The highest BCUT2D eigenvalue weighted by atomic mass is 35.5. The minimum Gasteiger partial charge on any atom is -0.497 e. The summed E-state index contributed by atoms with van der Waals surface area (Å²) in [7, 11) is 1.62. The summed E-state index contributed by atoms with van der Waals surface area (Å²) in [5, 5.41) is 14.1. The number of nitrogens with zero attached hydrogens (tertiary/aromatic N) is 7. The SMILES string of the molecule is COc1cccc(-n2ncc3c(N=NCc4cc(C)nc(Cl)c4)ncnc32)c1. The number of rotatable bonds is 5. The van der Waals surface area contributed by atoms with Gasteiger partial charge >= 0.3 is 0 Å². The maximum absolute atomic E-state index is 5.98. The Morgan fingerprint density at radius 2 is 2.07 bits per heavy atom. The van der Waals surface area contributed by atoms with Gasteiger partial charge in [0, 0.05) is 11.8 Å². The Bertz CT molecular complexity index is 1150. The summed E-state index contributed by atoms with van der Waals surface area (Å²) in [6, 6.07) is 11.3. The molecule has 28 heavy (non-hydrogen) atoms. The number of halogens is 1. The number of benzene rings is 1. The van der Waals surface area contributed by atoms with Gasteiger partial charge in [0.2, 0.25) is 0 Å². The summed E-state index contributed by atoms with van der Waals surface area (Å²) < 4.78 is 6.99. The molecule has 0 bridgehead atoms. The number of aromatic nitrogens is 5. The number of fused-ring (bicyclic) bond motifs is 1. The third-order valence-electron chi connectivity index (χ3n) is 4.04. The van der Waals surface area contributed by atoms with Crippen molar-refractivity contribution in [1.29, 1.82) is 0 Å². The van der Waals surface area contributed by atoms with Crippen molar-refractivity contribution in [1.82, 2.24) is 24.7 Å². The van der Waals surface area contributed by atoms with Crippen molar-refractivity contribution in [3.8, 4) is 11.4 Å². The van der Waals surface area contributed by atoms with Gasteiger partial charge in [0.15, 0.2) is 11.5 Å². The van der Waals surface area contributed by atoms with Gasteiger partial charge in [0.1, 0.15) is 17.2 Å². The normalized spacial score (nSPS) is 11.4. The number of hydrogen-bond donors (Lipinski definition) is 0. The van der Waals surface area contributed by atoms with Crippen molar-refractivity contribution < 1.29 is 4.74 Å². The highest BCUT2D eigenvalue weighted by Crippen LogP contribution is 2.25. The van der Waals surface area contributed by atoms with Crippen LogP contribution in [0.1, 0.15) is 11.3 Å². The van der Waals surface area contributed by atoms with E-state index in [9.17, 15) is 0 Å². The van der Waals surface area contributed by atoms with Gasteiger partial charge in [-0.05, 0) is 36.8 Å². The van der Waals surface area contributed by atoms with Crippen molar-refractivity contribution in [2.45, 2.75) is 13.5 Å². The van der Waals surface area contributed by atoms with Gasteiger partial charge in [-0.1, -0.05) is 17.7 Å². The molecule has 9 heteroatoms. The van der Waals surface area contributed by atoms with Crippen LogP contribution in [0.2, 0.25) is 5.15 Å². The van der Waals surface area contributed by atoms with Gasteiger partial charge in [0.05, 0.1) is 30.9 Å².